The van der Waals surface area contributed by atoms with Gasteiger partial charge in [-0.25, -0.2) is 4.79 Å². The smallest absolute Gasteiger partial charge is 0.339 e. The number of benzene rings is 2. The van der Waals surface area contributed by atoms with Crippen LogP contribution in [0.3, 0.4) is 0 Å². The lowest BCUT2D eigenvalue weighted by Gasteiger charge is -2.40. The highest BCUT2D eigenvalue weighted by Gasteiger charge is 2.45. The first-order chi connectivity index (χ1) is 13.0. The third-order valence-corrected chi connectivity index (χ3v) is 5.38. The van der Waals surface area contributed by atoms with Crippen molar-refractivity contribution in [1.29, 1.82) is 0 Å². The quantitative estimate of drug-likeness (QED) is 0.743. The van der Waals surface area contributed by atoms with E-state index >= 15 is 0 Å². The maximum Gasteiger partial charge on any atom is 0.339 e. The predicted molar refractivity (Wildman–Crippen MR) is 101 cm³/mol. The Kier molecular flexibility index (Phi) is 4.66. The average molecular weight is 386 g/mol. The molecule has 2 atom stereocenters. The number of cyclic esters (lactones) is 1. The fourth-order valence-electron chi connectivity index (χ4n) is 3.70. The van der Waals surface area contributed by atoms with Crippen LogP contribution in [0, 0.1) is 0 Å². The molecule has 5 nitrogen and oxygen atoms in total. The summed E-state index contributed by atoms with van der Waals surface area (Å²) in [6.07, 6.45) is 0.145. The molecule has 2 unspecified atom stereocenters. The number of ether oxygens (including phenoxy) is 2. The summed E-state index contributed by atoms with van der Waals surface area (Å²) in [5.74, 6) is -0.636. The monoisotopic (exact) mass is 385 g/mol. The van der Waals surface area contributed by atoms with Crippen molar-refractivity contribution < 1.29 is 19.1 Å². The van der Waals surface area contributed by atoms with Crippen LogP contribution in [0.4, 0.5) is 0 Å². The van der Waals surface area contributed by atoms with Crippen LogP contribution in [0.2, 0.25) is 5.02 Å². The first-order valence-electron chi connectivity index (χ1n) is 8.94. The Labute approximate surface area is 162 Å². The Hall–Kier alpha value is -2.37. The third kappa shape index (κ3) is 3.45. The van der Waals surface area contributed by atoms with Gasteiger partial charge < -0.3 is 14.4 Å². The summed E-state index contributed by atoms with van der Waals surface area (Å²) in [6, 6.07) is 14.7. The molecule has 2 aromatic carbocycles. The van der Waals surface area contributed by atoms with Gasteiger partial charge >= 0.3 is 5.97 Å². The van der Waals surface area contributed by atoms with Gasteiger partial charge in [0.1, 0.15) is 6.10 Å². The van der Waals surface area contributed by atoms with Crippen LogP contribution in [-0.4, -0.2) is 42.1 Å². The molecule has 0 spiro atoms. The Morgan fingerprint density at radius 3 is 2.70 bits per heavy atom. The van der Waals surface area contributed by atoms with Crippen molar-refractivity contribution in [3.63, 3.8) is 0 Å². The summed E-state index contributed by atoms with van der Waals surface area (Å²) in [7, 11) is 0. The molecule has 2 aliphatic rings. The molecule has 0 aromatic heterocycles. The number of nitrogens with zero attached hydrogens (tertiary/aromatic N) is 1. The molecule has 2 aromatic rings. The molecule has 6 heteroatoms. The van der Waals surface area contributed by atoms with Gasteiger partial charge in [-0.1, -0.05) is 41.9 Å². The largest absolute Gasteiger partial charge is 0.445 e. The first-order valence-corrected chi connectivity index (χ1v) is 9.32. The van der Waals surface area contributed by atoms with Crippen molar-refractivity contribution in [2.75, 3.05) is 19.7 Å². The Bertz CT molecular complexity index is 882. The zero-order valence-corrected chi connectivity index (χ0v) is 15.7. The van der Waals surface area contributed by atoms with Gasteiger partial charge in [-0.05, 0) is 36.2 Å². The second-order valence-electron chi connectivity index (χ2n) is 7.12. The van der Waals surface area contributed by atoms with E-state index in [1.54, 1.807) is 24.0 Å². The van der Waals surface area contributed by atoms with Gasteiger partial charge in [-0.15, -0.1) is 0 Å². The van der Waals surface area contributed by atoms with E-state index in [1.165, 1.54) is 0 Å². The molecular formula is C21H20ClNO4. The van der Waals surface area contributed by atoms with Gasteiger partial charge in [0, 0.05) is 18.0 Å². The normalized spacial score (nSPS) is 24.9. The lowest BCUT2D eigenvalue weighted by molar-refractivity contribution is -0.158. The topological polar surface area (TPSA) is 55.8 Å². The second-order valence-corrected chi connectivity index (χ2v) is 7.55. The zero-order chi connectivity index (χ0) is 19.0. The minimum atomic E-state index is -1.20. The highest BCUT2D eigenvalue weighted by Crippen LogP contribution is 2.32. The fourth-order valence-corrected chi connectivity index (χ4v) is 3.83. The fraction of sp³-hybridized carbons (Fsp3) is 0.333. The minimum absolute atomic E-state index is 0.187. The molecule has 2 heterocycles. The minimum Gasteiger partial charge on any atom is -0.445 e. The Morgan fingerprint density at radius 1 is 1.19 bits per heavy atom. The highest BCUT2D eigenvalue weighted by molar-refractivity contribution is 6.30. The van der Waals surface area contributed by atoms with Gasteiger partial charge in [0.05, 0.1) is 18.7 Å². The molecule has 0 aliphatic carbocycles. The second kappa shape index (κ2) is 6.98. The van der Waals surface area contributed by atoms with Crippen molar-refractivity contribution in [2.24, 2.45) is 0 Å². The number of esters is 1. The summed E-state index contributed by atoms with van der Waals surface area (Å²) in [6.45, 7) is 3.00. The van der Waals surface area contributed by atoms with E-state index in [4.69, 9.17) is 21.1 Å². The zero-order valence-electron chi connectivity index (χ0n) is 15.0. The SMILES string of the molecule is CC1(C(=O)N2CCOC(c3ccc(Cl)cc3)C2)Cc2ccccc2C(=O)O1. The summed E-state index contributed by atoms with van der Waals surface area (Å²) in [5.41, 5.74) is 1.14. The van der Waals surface area contributed by atoms with Gasteiger partial charge in [-0.2, -0.15) is 0 Å². The molecule has 140 valence electrons. The van der Waals surface area contributed by atoms with E-state index in [0.717, 1.165) is 11.1 Å². The van der Waals surface area contributed by atoms with Gasteiger partial charge in [0.25, 0.3) is 5.91 Å². The van der Waals surface area contributed by atoms with Crippen LogP contribution < -0.4 is 0 Å². The van der Waals surface area contributed by atoms with Gasteiger partial charge in [-0.3, -0.25) is 4.79 Å². The van der Waals surface area contributed by atoms with Crippen LogP contribution in [0.15, 0.2) is 48.5 Å². The number of morpholine rings is 1. The average Bonchev–Trinajstić information content (AvgIpc) is 2.68. The van der Waals surface area contributed by atoms with Crippen molar-refractivity contribution in [1.82, 2.24) is 4.90 Å². The number of rotatable bonds is 2. The Balaban J connectivity index is 1.53. The van der Waals surface area contributed by atoms with Crippen LogP contribution in [0.1, 0.15) is 34.5 Å². The molecule has 0 N–H and O–H groups in total. The number of carbonyl (C=O) groups excluding carboxylic acids is 2. The standard InChI is InChI=1S/C21H20ClNO4/c1-21(12-15-4-2-3-5-17(15)19(24)27-21)20(25)23-10-11-26-18(13-23)14-6-8-16(22)9-7-14/h2-9,18H,10-13H2,1H3. The van der Waals surface area contributed by atoms with Crippen molar-refractivity contribution in [2.45, 2.75) is 25.0 Å². The number of hydrogen-bond acceptors (Lipinski definition) is 4. The van der Waals surface area contributed by atoms with Crippen molar-refractivity contribution >= 4 is 23.5 Å². The van der Waals surface area contributed by atoms with E-state index in [2.05, 4.69) is 0 Å². The molecule has 0 bridgehead atoms. The maximum absolute atomic E-state index is 13.2. The van der Waals surface area contributed by atoms with Crippen LogP contribution in [0.25, 0.3) is 0 Å². The predicted octanol–water partition coefficient (Wildman–Crippen LogP) is 3.41. The molecule has 0 saturated carbocycles. The summed E-state index contributed by atoms with van der Waals surface area (Å²) >= 11 is 5.95. The number of hydrogen-bond donors (Lipinski definition) is 0. The molecule has 1 fully saturated rings. The molecule has 27 heavy (non-hydrogen) atoms. The molecule has 4 rings (SSSR count). The van der Waals surface area contributed by atoms with Crippen molar-refractivity contribution in [3.8, 4) is 0 Å². The van der Waals surface area contributed by atoms with E-state index in [-0.39, 0.29) is 12.0 Å². The van der Waals surface area contributed by atoms with Crippen molar-refractivity contribution in [3.05, 3.63) is 70.2 Å². The van der Waals surface area contributed by atoms with E-state index < -0.39 is 11.6 Å². The number of amides is 1. The summed E-state index contributed by atoms with van der Waals surface area (Å²) in [5, 5.41) is 0.655. The summed E-state index contributed by atoms with van der Waals surface area (Å²) in [4.78, 5) is 27.3. The van der Waals surface area contributed by atoms with Crippen LogP contribution in [0.5, 0.6) is 0 Å². The summed E-state index contributed by atoms with van der Waals surface area (Å²) < 4.78 is 11.4. The number of carbonyl (C=O) groups is 2. The lowest BCUT2D eigenvalue weighted by atomic mass is 9.88. The Morgan fingerprint density at radius 2 is 1.93 bits per heavy atom. The molecule has 1 amide bonds. The van der Waals surface area contributed by atoms with E-state index in [1.807, 2.05) is 36.4 Å². The maximum atomic E-state index is 13.2. The number of fused-ring (bicyclic) bond motifs is 1. The van der Waals surface area contributed by atoms with Crippen LogP contribution in [-0.2, 0) is 20.7 Å². The van der Waals surface area contributed by atoms with E-state index in [0.29, 0.717) is 36.7 Å². The third-order valence-electron chi connectivity index (χ3n) is 5.13. The van der Waals surface area contributed by atoms with E-state index in [9.17, 15) is 9.59 Å². The molecule has 0 radical (unpaired) electrons. The first kappa shape index (κ1) is 18.0. The van der Waals surface area contributed by atoms with Crippen LogP contribution >= 0.6 is 11.6 Å². The van der Waals surface area contributed by atoms with Gasteiger partial charge in [0.15, 0.2) is 5.60 Å². The molecule has 1 saturated heterocycles. The lowest BCUT2D eigenvalue weighted by Crippen LogP contribution is -2.56. The molecular weight excluding hydrogens is 366 g/mol. The number of halogens is 1. The highest BCUT2D eigenvalue weighted by atomic mass is 35.5. The van der Waals surface area contributed by atoms with Gasteiger partial charge in [0.2, 0.25) is 0 Å². The molecule has 2 aliphatic heterocycles.